The minimum absolute atomic E-state index is 0.0774. The zero-order valence-electron chi connectivity index (χ0n) is 30.8. The van der Waals surface area contributed by atoms with Gasteiger partial charge >= 0.3 is 0 Å². The Kier molecular flexibility index (Phi) is 7.25. The Morgan fingerprint density at radius 2 is 1.13 bits per heavy atom. The summed E-state index contributed by atoms with van der Waals surface area (Å²) < 4.78 is 4.78. The summed E-state index contributed by atoms with van der Waals surface area (Å²) in [7, 11) is 0. The van der Waals surface area contributed by atoms with Crippen LogP contribution in [0.25, 0.3) is 84.6 Å². The molecule has 9 aromatic rings. The van der Waals surface area contributed by atoms with Crippen molar-refractivity contribution >= 4 is 50.9 Å². The Bertz CT molecular complexity index is 3080. The smallest absolute Gasteiger partial charge is 0.0541 e. The van der Waals surface area contributed by atoms with Gasteiger partial charge in [-0.3, -0.25) is 0 Å². The number of benzene rings is 7. The van der Waals surface area contributed by atoms with Crippen molar-refractivity contribution in [1.82, 2.24) is 9.13 Å². The third kappa shape index (κ3) is 4.87. The molecular weight excluding hydrogens is 653 g/mol. The van der Waals surface area contributed by atoms with Gasteiger partial charge in [0.1, 0.15) is 0 Å². The molecule has 2 aromatic heterocycles. The van der Waals surface area contributed by atoms with E-state index >= 15 is 0 Å². The first-order valence-corrected chi connectivity index (χ1v) is 18.8. The molecule has 0 unspecified atom stereocenters. The number of allylic oxidation sites excluding steroid dienone is 2. The molecule has 0 radical (unpaired) electrons. The highest BCUT2D eigenvalue weighted by atomic mass is 15.0. The van der Waals surface area contributed by atoms with Crippen LogP contribution in [0.15, 0.2) is 170 Å². The van der Waals surface area contributed by atoms with Crippen LogP contribution in [0.5, 0.6) is 0 Å². The fourth-order valence-electron chi connectivity index (χ4n) is 8.84. The largest absolute Gasteiger partial charge is 0.309 e. The highest BCUT2D eigenvalue weighted by Crippen LogP contribution is 2.49. The first-order chi connectivity index (χ1) is 26.4. The molecule has 0 amide bonds. The van der Waals surface area contributed by atoms with E-state index in [-0.39, 0.29) is 5.41 Å². The number of rotatable bonds is 5. The van der Waals surface area contributed by atoms with E-state index in [0.29, 0.717) is 0 Å². The summed E-state index contributed by atoms with van der Waals surface area (Å²) in [5.74, 6) is 0. The molecule has 54 heavy (non-hydrogen) atoms. The molecule has 0 spiro atoms. The van der Waals surface area contributed by atoms with Crippen LogP contribution in [0.2, 0.25) is 0 Å². The molecule has 7 aromatic carbocycles. The van der Waals surface area contributed by atoms with E-state index in [9.17, 15) is 0 Å². The van der Waals surface area contributed by atoms with Crippen molar-refractivity contribution in [1.29, 1.82) is 0 Å². The predicted octanol–water partition coefficient (Wildman–Crippen LogP) is 12.0. The van der Waals surface area contributed by atoms with Crippen LogP contribution in [-0.4, -0.2) is 9.13 Å². The third-order valence-corrected chi connectivity index (χ3v) is 11.7. The van der Waals surface area contributed by atoms with Gasteiger partial charge < -0.3 is 9.13 Å². The average molecular weight is 693 g/mol. The second-order valence-electron chi connectivity index (χ2n) is 15.1. The molecule has 0 atom stereocenters. The van der Waals surface area contributed by atoms with Gasteiger partial charge in [0.15, 0.2) is 0 Å². The van der Waals surface area contributed by atoms with Gasteiger partial charge in [-0.2, -0.15) is 0 Å². The lowest BCUT2D eigenvalue weighted by Gasteiger charge is -2.22. The summed E-state index contributed by atoms with van der Waals surface area (Å²) in [6.07, 6.45) is 4.52. The Morgan fingerprint density at radius 3 is 1.93 bits per heavy atom. The van der Waals surface area contributed by atoms with Crippen LogP contribution in [0.3, 0.4) is 0 Å². The molecule has 2 nitrogen and oxygen atoms in total. The number of para-hydroxylation sites is 2. The van der Waals surface area contributed by atoms with Crippen LogP contribution in [0, 0.1) is 0 Å². The molecule has 0 aliphatic heterocycles. The molecule has 258 valence electrons. The molecule has 0 bridgehead atoms. The summed E-state index contributed by atoms with van der Waals surface area (Å²) in [4.78, 5) is 0. The minimum atomic E-state index is -0.0774. The second kappa shape index (κ2) is 12.2. The lowest BCUT2D eigenvalue weighted by atomic mass is 9.82. The van der Waals surface area contributed by atoms with E-state index < -0.39 is 0 Å². The van der Waals surface area contributed by atoms with Gasteiger partial charge in [-0.25, -0.2) is 0 Å². The lowest BCUT2D eigenvalue weighted by Crippen LogP contribution is -2.27. The molecule has 0 N–H and O–H groups in total. The summed E-state index contributed by atoms with van der Waals surface area (Å²) in [6.45, 7) is 11.5. The topological polar surface area (TPSA) is 9.86 Å². The van der Waals surface area contributed by atoms with Crippen molar-refractivity contribution in [2.24, 2.45) is 0 Å². The van der Waals surface area contributed by atoms with Gasteiger partial charge in [-0.05, 0) is 106 Å². The molecule has 0 saturated heterocycles. The Balaban J connectivity index is 1.08. The molecule has 2 heteroatoms. The van der Waals surface area contributed by atoms with Crippen molar-refractivity contribution in [2.45, 2.75) is 26.2 Å². The molecule has 2 heterocycles. The van der Waals surface area contributed by atoms with Crippen LogP contribution < -0.4 is 10.6 Å². The van der Waals surface area contributed by atoms with Crippen LogP contribution >= 0.6 is 0 Å². The van der Waals surface area contributed by atoms with Crippen molar-refractivity contribution in [3.8, 4) is 33.6 Å². The van der Waals surface area contributed by atoms with Gasteiger partial charge in [-0.1, -0.05) is 142 Å². The zero-order valence-corrected chi connectivity index (χ0v) is 30.8. The zero-order chi connectivity index (χ0) is 36.6. The summed E-state index contributed by atoms with van der Waals surface area (Å²) in [6, 6.07) is 59.6. The highest BCUT2D eigenvalue weighted by Gasteiger charge is 2.35. The SMILES string of the molecule is C=c1/c(=C\C=C(/C)c2ccc3c(c2)c2ccccc2n3-c2ccc(-c3ccccc3)cc2)n(-c2ccc3c(c2)C(C)(C)c2ccccc2-3)c2ccccc12. The summed E-state index contributed by atoms with van der Waals surface area (Å²) in [5, 5.41) is 5.80. The summed E-state index contributed by atoms with van der Waals surface area (Å²) >= 11 is 0. The number of nitrogens with zero attached hydrogens (tertiary/aromatic N) is 2. The van der Waals surface area contributed by atoms with Gasteiger partial charge in [0, 0.05) is 38.2 Å². The quantitative estimate of drug-likeness (QED) is 0.170. The molecule has 0 saturated carbocycles. The number of hydrogen-bond acceptors (Lipinski definition) is 0. The minimum Gasteiger partial charge on any atom is -0.309 e. The predicted molar refractivity (Wildman–Crippen MR) is 230 cm³/mol. The second-order valence-corrected chi connectivity index (χ2v) is 15.1. The van der Waals surface area contributed by atoms with Crippen LogP contribution in [0.1, 0.15) is 37.5 Å². The summed E-state index contributed by atoms with van der Waals surface area (Å²) in [5.41, 5.74) is 16.1. The first kappa shape index (κ1) is 32.0. The molecule has 10 rings (SSSR count). The average Bonchev–Trinajstić information content (AvgIpc) is 3.79. The van der Waals surface area contributed by atoms with E-state index in [4.69, 9.17) is 0 Å². The maximum atomic E-state index is 4.62. The maximum absolute atomic E-state index is 4.62. The van der Waals surface area contributed by atoms with Crippen LogP contribution in [0.4, 0.5) is 0 Å². The standard InChI is InChI=1S/C52H40N2/c1-34(38-25-31-51-45(32-38)44-18-10-13-21-50(44)53(51)39-26-23-37(24-27-39)36-14-6-5-7-15-36)22-30-48-35(2)41-16-9-12-20-49(41)54(48)40-28-29-43-42-17-8-11-19-46(42)52(3,4)47(43)33-40/h5-33H,2H2,1,3-4H3/b34-22+,48-30+. The maximum Gasteiger partial charge on any atom is 0.0541 e. The van der Waals surface area contributed by atoms with Gasteiger partial charge in [-0.15, -0.1) is 0 Å². The lowest BCUT2D eigenvalue weighted by molar-refractivity contribution is 0.659. The highest BCUT2D eigenvalue weighted by molar-refractivity contribution is 6.10. The van der Waals surface area contributed by atoms with E-state index in [1.165, 1.54) is 77.2 Å². The van der Waals surface area contributed by atoms with Gasteiger partial charge in [0.05, 0.1) is 21.9 Å². The normalized spacial score (nSPS) is 13.9. The monoisotopic (exact) mass is 692 g/mol. The van der Waals surface area contributed by atoms with Crippen LogP contribution in [-0.2, 0) is 5.41 Å². The fourth-order valence-corrected chi connectivity index (χ4v) is 8.84. The Labute approximate surface area is 315 Å². The van der Waals surface area contributed by atoms with Gasteiger partial charge in [0.2, 0.25) is 0 Å². The Hall–Kier alpha value is -6.64. The molecule has 0 fully saturated rings. The van der Waals surface area contributed by atoms with Crippen molar-refractivity contribution in [2.75, 3.05) is 0 Å². The number of aromatic nitrogens is 2. The number of hydrogen-bond donors (Lipinski definition) is 0. The van der Waals surface area contributed by atoms with E-state index in [1.54, 1.807) is 0 Å². The van der Waals surface area contributed by atoms with Crippen molar-refractivity contribution in [3.05, 3.63) is 197 Å². The third-order valence-electron chi connectivity index (χ3n) is 11.7. The van der Waals surface area contributed by atoms with Crippen molar-refractivity contribution in [3.63, 3.8) is 0 Å². The Morgan fingerprint density at radius 1 is 0.519 bits per heavy atom. The van der Waals surface area contributed by atoms with E-state index in [0.717, 1.165) is 21.9 Å². The van der Waals surface area contributed by atoms with E-state index in [1.807, 2.05) is 0 Å². The van der Waals surface area contributed by atoms with Crippen molar-refractivity contribution < 1.29 is 0 Å². The fraction of sp³-hybridized carbons (Fsp3) is 0.0769. The van der Waals surface area contributed by atoms with E-state index in [2.05, 4.69) is 212 Å². The molecular formula is C52H40N2. The first-order valence-electron chi connectivity index (χ1n) is 18.8. The van der Waals surface area contributed by atoms with Gasteiger partial charge in [0.25, 0.3) is 0 Å². The number of fused-ring (bicyclic) bond motifs is 7. The molecule has 1 aliphatic carbocycles. The molecule has 1 aliphatic rings.